The largest absolute Gasteiger partial charge is 0.481 e. The number of nitrogens with zero attached hydrogens (tertiary/aromatic N) is 1. The summed E-state index contributed by atoms with van der Waals surface area (Å²) in [6, 6.07) is 25.2. The molecule has 3 N–H and O–H groups in total. The number of rotatable bonds is 18. The Bertz CT molecular complexity index is 1930. The van der Waals surface area contributed by atoms with Crippen LogP contribution in [-0.2, 0) is 38.8 Å². The first kappa shape index (κ1) is 39.8. The van der Waals surface area contributed by atoms with Crippen LogP contribution in [0.4, 0.5) is 18.9 Å². The van der Waals surface area contributed by atoms with Crippen LogP contribution < -0.4 is 10.0 Å². The van der Waals surface area contributed by atoms with Crippen molar-refractivity contribution in [1.29, 1.82) is 0 Å². The molecule has 0 aliphatic heterocycles. The van der Waals surface area contributed by atoms with Crippen molar-refractivity contribution in [2.45, 2.75) is 69.6 Å². The third-order valence-electron chi connectivity index (χ3n) is 8.45. The summed E-state index contributed by atoms with van der Waals surface area (Å²) in [5.41, 5.74) is 3.50. The zero-order valence-corrected chi connectivity index (χ0v) is 30.0. The Balaban J connectivity index is 1.59. The van der Waals surface area contributed by atoms with E-state index in [1.165, 1.54) is 12.1 Å². The van der Waals surface area contributed by atoms with Crippen LogP contribution in [0.1, 0.15) is 61.8 Å². The second-order valence-electron chi connectivity index (χ2n) is 12.4. The average molecular weight is 736 g/mol. The number of halogens is 3. The zero-order valence-electron chi connectivity index (χ0n) is 29.2. The Hall–Kier alpha value is -4.94. The number of anilines is 1. The minimum absolute atomic E-state index is 0.101. The molecular weight excluding hydrogens is 692 g/mol. The molecule has 276 valence electrons. The average Bonchev–Trinajstić information content (AvgIpc) is 3.12. The second kappa shape index (κ2) is 18.5. The van der Waals surface area contributed by atoms with Gasteiger partial charge in [0.15, 0.2) is 0 Å². The first-order valence-electron chi connectivity index (χ1n) is 17.2. The molecule has 4 aromatic rings. The molecule has 0 spiro atoms. The van der Waals surface area contributed by atoms with Crippen molar-refractivity contribution >= 4 is 33.7 Å². The molecule has 0 saturated heterocycles. The quantitative estimate of drug-likeness (QED) is 0.0946. The van der Waals surface area contributed by atoms with E-state index in [2.05, 4.69) is 10.0 Å². The number of carbonyl (C=O) groups is 2. The number of aliphatic carboxylic acids is 1. The van der Waals surface area contributed by atoms with Gasteiger partial charge in [0.05, 0.1) is 16.5 Å². The van der Waals surface area contributed by atoms with Crippen LogP contribution in [0.25, 0.3) is 17.2 Å². The van der Waals surface area contributed by atoms with Crippen LogP contribution in [0.2, 0.25) is 0 Å². The van der Waals surface area contributed by atoms with E-state index >= 15 is 0 Å². The van der Waals surface area contributed by atoms with Gasteiger partial charge in [-0.2, -0.15) is 13.2 Å². The maximum atomic E-state index is 13.5. The normalized spacial score (nSPS) is 12.6. The number of carboxylic acid groups (broad SMARTS) is 1. The highest BCUT2D eigenvalue weighted by Gasteiger charge is 2.30. The van der Waals surface area contributed by atoms with Crippen molar-refractivity contribution in [3.05, 3.63) is 125 Å². The van der Waals surface area contributed by atoms with Gasteiger partial charge in [-0.25, -0.2) is 8.42 Å². The van der Waals surface area contributed by atoms with E-state index < -0.39 is 33.8 Å². The maximum Gasteiger partial charge on any atom is 0.416 e. The molecule has 0 bridgehead atoms. The number of carboxylic acids is 1. The maximum absolute atomic E-state index is 13.5. The van der Waals surface area contributed by atoms with E-state index in [0.717, 1.165) is 29.7 Å². The monoisotopic (exact) mass is 735 g/mol. The zero-order chi connectivity index (χ0) is 37.7. The predicted octanol–water partition coefficient (Wildman–Crippen LogP) is 8.40. The Labute approximate surface area is 303 Å². The summed E-state index contributed by atoms with van der Waals surface area (Å²) in [4.78, 5) is 26.9. The van der Waals surface area contributed by atoms with Crippen molar-refractivity contribution in [3.8, 4) is 11.1 Å². The van der Waals surface area contributed by atoms with Crippen molar-refractivity contribution in [2.75, 3.05) is 17.8 Å². The highest BCUT2D eigenvalue weighted by Crippen LogP contribution is 2.31. The molecule has 1 amide bonds. The molecule has 0 aliphatic rings. The molecule has 52 heavy (non-hydrogen) atoms. The first-order valence-corrected chi connectivity index (χ1v) is 18.7. The fraction of sp³-hybridized carbons (Fsp3) is 0.300. The fourth-order valence-corrected chi connectivity index (χ4v) is 6.73. The van der Waals surface area contributed by atoms with Gasteiger partial charge in [-0.15, -0.1) is 0 Å². The van der Waals surface area contributed by atoms with Crippen molar-refractivity contribution in [2.24, 2.45) is 0 Å². The number of sulfonamides is 1. The van der Waals surface area contributed by atoms with Gasteiger partial charge in [0.1, 0.15) is 0 Å². The highest BCUT2D eigenvalue weighted by molar-refractivity contribution is 7.92. The molecule has 1 unspecified atom stereocenters. The number of amides is 1. The van der Waals surface area contributed by atoms with Crippen LogP contribution in [0.5, 0.6) is 0 Å². The lowest BCUT2D eigenvalue weighted by Crippen LogP contribution is -2.47. The van der Waals surface area contributed by atoms with Gasteiger partial charge in [0.25, 0.3) is 10.0 Å². The topological polar surface area (TPSA) is 116 Å². The molecule has 0 aliphatic carbocycles. The van der Waals surface area contributed by atoms with E-state index in [4.69, 9.17) is 0 Å². The fourth-order valence-electron chi connectivity index (χ4n) is 5.68. The summed E-state index contributed by atoms with van der Waals surface area (Å²) in [5.74, 6) is -1.19. The molecule has 4 rings (SSSR count). The number of hydrogen-bond acceptors (Lipinski definition) is 5. The molecule has 4 aromatic carbocycles. The standard InChI is InChI=1S/C40H44F3N3O5S/c1-3-24-44-39(49)37(14-7-15-38(47)48)46(28-31-10-5-12-33(26-31)32-18-20-34(21-19-32)40(41,42)43)25-8-11-30-9-6-13-35(27-30)45-52(50,51)36-22-16-29(4-2)17-23-36/h5-6,8-13,16-23,26-27,37,45H,3-4,7,14-15,24-25,28H2,1-2H3,(H,44,49)(H,47,48)/b11-8+. The minimum atomic E-state index is -4.45. The molecule has 12 heteroatoms. The van der Waals surface area contributed by atoms with Gasteiger partial charge in [-0.1, -0.05) is 80.6 Å². The number of nitrogens with one attached hydrogen (secondary N) is 2. The van der Waals surface area contributed by atoms with Crippen LogP contribution >= 0.6 is 0 Å². The summed E-state index contributed by atoms with van der Waals surface area (Å²) in [6.07, 6.45) is 1.19. The number of aryl methyl sites for hydroxylation is 1. The lowest BCUT2D eigenvalue weighted by molar-refractivity contribution is -0.138. The summed E-state index contributed by atoms with van der Waals surface area (Å²) in [6.45, 7) is 4.94. The summed E-state index contributed by atoms with van der Waals surface area (Å²) in [7, 11) is -3.82. The second-order valence-corrected chi connectivity index (χ2v) is 14.1. The van der Waals surface area contributed by atoms with Crippen molar-refractivity contribution in [3.63, 3.8) is 0 Å². The highest BCUT2D eigenvalue weighted by atomic mass is 32.2. The molecule has 0 fully saturated rings. The van der Waals surface area contributed by atoms with E-state index in [0.29, 0.717) is 35.3 Å². The Morgan fingerprint density at radius 1 is 0.885 bits per heavy atom. The van der Waals surface area contributed by atoms with Gasteiger partial charge in [0.2, 0.25) is 5.91 Å². The van der Waals surface area contributed by atoms with Crippen LogP contribution in [0.15, 0.2) is 108 Å². The van der Waals surface area contributed by atoms with Gasteiger partial charge in [0, 0.05) is 31.7 Å². The van der Waals surface area contributed by atoms with E-state index in [1.807, 2.05) is 49.1 Å². The third-order valence-corrected chi connectivity index (χ3v) is 9.85. The summed E-state index contributed by atoms with van der Waals surface area (Å²) >= 11 is 0. The first-order chi connectivity index (χ1) is 24.8. The molecule has 0 radical (unpaired) electrons. The third kappa shape index (κ3) is 11.8. The Morgan fingerprint density at radius 3 is 2.25 bits per heavy atom. The molecule has 8 nitrogen and oxygen atoms in total. The lowest BCUT2D eigenvalue weighted by atomic mass is 10.0. The van der Waals surface area contributed by atoms with Crippen molar-refractivity contribution < 1.29 is 36.3 Å². The van der Waals surface area contributed by atoms with E-state index in [9.17, 15) is 36.3 Å². The van der Waals surface area contributed by atoms with E-state index in [1.54, 1.807) is 54.6 Å². The van der Waals surface area contributed by atoms with E-state index in [-0.39, 0.29) is 43.2 Å². The van der Waals surface area contributed by atoms with Crippen LogP contribution in [0.3, 0.4) is 0 Å². The SMILES string of the molecule is CCCNC(=O)C(CCCC(=O)O)N(C/C=C/c1cccc(NS(=O)(=O)c2ccc(CC)cc2)c1)Cc1cccc(-c2ccc(C(F)(F)F)cc2)c1. The molecule has 0 heterocycles. The number of alkyl halides is 3. The van der Waals surface area contributed by atoms with Gasteiger partial charge >= 0.3 is 12.1 Å². The predicted molar refractivity (Wildman–Crippen MR) is 198 cm³/mol. The smallest absolute Gasteiger partial charge is 0.416 e. The molecule has 0 aromatic heterocycles. The van der Waals surface area contributed by atoms with Crippen LogP contribution in [-0.4, -0.2) is 49.4 Å². The van der Waals surface area contributed by atoms with Gasteiger partial charge < -0.3 is 10.4 Å². The number of benzene rings is 4. The Kier molecular flexibility index (Phi) is 14.2. The summed E-state index contributed by atoms with van der Waals surface area (Å²) < 4.78 is 68.2. The van der Waals surface area contributed by atoms with Gasteiger partial charge in [-0.05, 0) is 96.0 Å². The number of hydrogen-bond donors (Lipinski definition) is 3. The molecule has 1 atom stereocenters. The van der Waals surface area contributed by atoms with Gasteiger partial charge in [-0.3, -0.25) is 19.2 Å². The molecular formula is C40H44F3N3O5S. The van der Waals surface area contributed by atoms with Crippen LogP contribution in [0, 0.1) is 0 Å². The Morgan fingerprint density at radius 2 is 1.60 bits per heavy atom. The van der Waals surface area contributed by atoms with Crippen molar-refractivity contribution in [1.82, 2.24) is 10.2 Å². The molecule has 0 saturated carbocycles. The lowest BCUT2D eigenvalue weighted by Gasteiger charge is -2.30. The summed E-state index contributed by atoms with van der Waals surface area (Å²) in [5, 5.41) is 12.2. The minimum Gasteiger partial charge on any atom is -0.481 e. The number of carbonyl (C=O) groups excluding carboxylic acids is 1.